The highest BCUT2D eigenvalue weighted by Crippen LogP contribution is 2.33. The Morgan fingerprint density at radius 1 is 1.36 bits per heavy atom. The third kappa shape index (κ3) is 2.57. The van der Waals surface area contributed by atoms with E-state index in [9.17, 15) is 13.2 Å². The molecule has 0 atom stereocenters. The lowest BCUT2D eigenvalue weighted by Crippen LogP contribution is -2.05. The number of alkyl halides is 3. The van der Waals surface area contributed by atoms with Crippen LogP contribution in [0.3, 0.4) is 0 Å². The van der Waals surface area contributed by atoms with Gasteiger partial charge in [-0.1, -0.05) is 6.92 Å². The zero-order chi connectivity index (χ0) is 10.8. The first kappa shape index (κ1) is 11.2. The van der Waals surface area contributed by atoms with Crippen molar-refractivity contribution in [2.75, 3.05) is 11.5 Å². The summed E-state index contributed by atoms with van der Waals surface area (Å²) in [4.78, 5) is 0.695. The molecule has 1 nitrogen and oxygen atoms in total. The second-order valence-electron chi connectivity index (χ2n) is 2.68. The maximum absolute atomic E-state index is 12.2. The molecule has 0 unspecified atom stereocenters. The molecule has 0 aliphatic carbocycles. The quantitative estimate of drug-likeness (QED) is 0.611. The van der Waals surface area contributed by atoms with Gasteiger partial charge in [-0.25, -0.2) is 0 Å². The molecule has 1 rings (SSSR count). The van der Waals surface area contributed by atoms with E-state index in [1.807, 2.05) is 6.92 Å². The average Bonchev–Trinajstić information content (AvgIpc) is 2.07. The van der Waals surface area contributed by atoms with Crippen LogP contribution in [0.25, 0.3) is 0 Å². The van der Waals surface area contributed by atoms with Gasteiger partial charge in [-0.15, -0.1) is 11.8 Å². The van der Waals surface area contributed by atoms with Gasteiger partial charge in [-0.2, -0.15) is 13.2 Å². The molecule has 14 heavy (non-hydrogen) atoms. The van der Waals surface area contributed by atoms with Crippen molar-refractivity contribution < 1.29 is 13.2 Å². The van der Waals surface area contributed by atoms with Crippen LogP contribution in [0.1, 0.15) is 12.5 Å². The molecule has 0 bridgehead atoms. The second-order valence-corrected chi connectivity index (χ2v) is 3.99. The van der Waals surface area contributed by atoms with Crippen LogP contribution in [0.2, 0.25) is 0 Å². The van der Waals surface area contributed by atoms with Crippen LogP contribution in [0.5, 0.6) is 0 Å². The Morgan fingerprint density at radius 3 is 2.43 bits per heavy atom. The molecule has 0 heterocycles. The van der Waals surface area contributed by atoms with E-state index < -0.39 is 11.7 Å². The number of benzene rings is 1. The highest BCUT2D eigenvalue weighted by atomic mass is 32.2. The van der Waals surface area contributed by atoms with Gasteiger partial charge >= 0.3 is 6.18 Å². The average molecular weight is 221 g/mol. The summed E-state index contributed by atoms with van der Waals surface area (Å²) in [5.74, 6) is 0.787. The maximum atomic E-state index is 12.2. The smallest absolute Gasteiger partial charge is 0.398 e. The Bertz CT molecular complexity index is 322. The maximum Gasteiger partial charge on any atom is 0.416 e. The zero-order valence-corrected chi connectivity index (χ0v) is 8.38. The molecule has 0 radical (unpaired) electrons. The van der Waals surface area contributed by atoms with Gasteiger partial charge in [0.05, 0.1) is 5.56 Å². The lowest BCUT2D eigenvalue weighted by Gasteiger charge is -2.09. The van der Waals surface area contributed by atoms with Crippen molar-refractivity contribution in [3.8, 4) is 0 Å². The molecule has 5 heteroatoms. The van der Waals surface area contributed by atoms with E-state index in [-0.39, 0.29) is 5.69 Å². The second kappa shape index (κ2) is 4.13. The highest BCUT2D eigenvalue weighted by molar-refractivity contribution is 7.99. The van der Waals surface area contributed by atoms with E-state index >= 15 is 0 Å². The molecule has 0 aliphatic heterocycles. The van der Waals surface area contributed by atoms with Crippen LogP contribution in [0.4, 0.5) is 18.9 Å². The van der Waals surface area contributed by atoms with Crippen LogP contribution in [-0.2, 0) is 6.18 Å². The Hall–Kier alpha value is -0.840. The topological polar surface area (TPSA) is 26.0 Å². The third-order valence-electron chi connectivity index (χ3n) is 1.64. The number of rotatable bonds is 2. The predicted molar refractivity (Wildman–Crippen MR) is 52.3 cm³/mol. The standard InChI is InChI=1S/C9H10F3NS/c1-2-14-8-4-3-6(5-7(8)13)9(10,11)12/h3-5H,2,13H2,1H3. The first-order valence-corrected chi connectivity index (χ1v) is 5.03. The van der Waals surface area contributed by atoms with Crippen LogP contribution in [0.15, 0.2) is 23.1 Å². The molecule has 0 saturated carbocycles. The van der Waals surface area contributed by atoms with E-state index in [1.165, 1.54) is 17.8 Å². The SMILES string of the molecule is CCSc1ccc(C(F)(F)F)cc1N. The minimum Gasteiger partial charge on any atom is -0.398 e. The monoisotopic (exact) mass is 221 g/mol. The van der Waals surface area contributed by atoms with Gasteiger partial charge in [-0.05, 0) is 24.0 Å². The first-order chi connectivity index (χ1) is 6.45. The first-order valence-electron chi connectivity index (χ1n) is 4.04. The number of anilines is 1. The van der Waals surface area contributed by atoms with Crippen LogP contribution in [-0.4, -0.2) is 5.75 Å². The minimum atomic E-state index is -4.32. The molecule has 0 aromatic heterocycles. The fourth-order valence-electron chi connectivity index (χ4n) is 1.01. The van der Waals surface area contributed by atoms with Gasteiger partial charge in [0.25, 0.3) is 0 Å². The molecule has 2 N–H and O–H groups in total. The van der Waals surface area contributed by atoms with Crippen molar-refractivity contribution in [3.63, 3.8) is 0 Å². The summed E-state index contributed by atoms with van der Waals surface area (Å²) in [6.07, 6.45) is -4.32. The van der Waals surface area contributed by atoms with Gasteiger partial charge in [-0.3, -0.25) is 0 Å². The van der Waals surface area contributed by atoms with Gasteiger partial charge in [0.1, 0.15) is 0 Å². The van der Waals surface area contributed by atoms with Crippen LogP contribution in [0, 0.1) is 0 Å². The third-order valence-corrected chi connectivity index (χ3v) is 2.61. The largest absolute Gasteiger partial charge is 0.416 e. The summed E-state index contributed by atoms with van der Waals surface area (Å²) in [5, 5.41) is 0. The molecule has 78 valence electrons. The highest BCUT2D eigenvalue weighted by Gasteiger charge is 2.30. The Morgan fingerprint density at radius 2 is 2.00 bits per heavy atom. The molecule has 1 aromatic rings. The summed E-state index contributed by atoms with van der Waals surface area (Å²) in [6, 6.07) is 3.43. The normalized spacial score (nSPS) is 11.7. The Kier molecular flexibility index (Phi) is 3.31. The molecule has 0 fully saturated rings. The van der Waals surface area contributed by atoms with Crippen molar-refractivity contribution in [1.29, 1.82) is 0 Å². The summed E-state index contributed by atoms with van der Waals surface area (Å²) < 4.78 is 36.7. The Balaban J connectivity index is 3.01. The number of halogens is 3. The summed E-state index contributed by atoms with van der Waals surface area (Å²) >= 11 is 1.43. The number of nitrogen functional groups attached to an aromatic ring is 1. The van der Waals surface area contributed by atoms with Crippen molar-refractivity contribution in [1.82, 2.24) is 0 Å². The molecule has 0 saturated heterocycles. The number of thioether (sulfide) groups is 1. The molecule has 0 spiro atoms. The fourth-order valence-corrected chi connectivity index (χ4v) is 1.71. The summed E-state index contributed by atoms with van der Waals surface area (Å²) in [6.45, 7) is 1.92. The van der Waals surface area contributed by atoms with Crippen molar-refractivity contribution >= 4 is 17.4 Å². The van der Waals surface area contributed by atoms with E-state index in [1.54, 1.807) is 0 Å². The fraction of sp³-hybridized carbons (Fsp3) is 0.333. The van der Waals surface area contributed by atoms with Gasteiger partial charge in [0.2, 0.25) is 0 Å². The minimum absolute atomic E-state index is 0.187. The van der Waals surface area contributed by atoms with Crippen molar-refractivity contribution in [2.24, 2.45) is 0 Å². The van der Waals surface area contributed by atoms with Crippen LogP contribution >= 0.6 is 11.8 Å². The van der Waals surface area contributed by atoms with E-state index in [0.717, 1.165) is 17.9 Å². The van der Waals surface area contributed by atoms with Crippen molar-refractivity contribution in [3.05, 3.63) is 23.8 Å². The van der Waals surface area contributed by atoms with Crippen molar-refractivity contribution in [2.45, 2.75) is 18.0 Å². The summed E-state index contributed by atoms with van der Waals surface area (Å²) in [5.41, 5.74) is 4.97. The number of hydrogen-bond acceptors (Lipinski definition) is 2. The predicted octanol–water partition coefficient (Wildman–Crippen LogP) is 3.40. The van der Waals surface area contributed by atoms with Gasteiger partial charge in [0, 0.05) is 10.6 Å². The van der Waals surface area contributed by atoms with E-state index in [0.29, 0.717) is 4.90 Å². The lowest BCUT2D eigenvalue weighted by molar-refractivity contribution is -0.137. The number of nitrogens with two attached hydrogens (primary N) is 1. The molecular weight excluding hydrogens is 211 g/mol. The summed E-state index contributed by atoms with van der Waals surface area (Å²) in [7, 11) is 0. The Labute approximate surface area is 84.5 Å². The van der Waals surface area contributed by atoms with Gasteiger partial charge < -0.3 is 5.73 Å². The van der Waals surface area contributed by atoms with Crippen LogP contribution < -0.4 is 5.73 Å². The molecule has 0 amide bonds. The molecule has 1 aromatic carbocycles. The molecular formula is C9H10F3NS. The number of hydrogen-bond donors (Lipinski definition) is 1. The zero-order valence-electron chi connectivity index (χ0n) is 7.56. The van der Waals surface area contributed by atoms with E-state index in [2.05, 4.69) is 0 Å². The lowest BCUT2D eigenvalue weighted by atomic mass is 10.2. The molecule has 0 aliphatic rings. The van der Waals surface area contributed by atoms with Gasteiger partial charge in [0.15, 0.2) is 0 Å². The van der Waals surface area contributed by atoms with E-state index in [4.69, 9.17) is 5.73 Å².